The van der Waals surface area contributed by atoms with Crippen molar-refractivity contribution in [1.82, 2.24) is 5.32 Å². The topological polar surface area (TPSA) is 55.4 Å². The van der Waals surface area contributed by atoms with Crippen molar-refractivity contribution in [2.75, 3.05) is 12.9 Å². The number of hydrogen-bond acceptors (Lipinski definition) is 4. The van der Waals surface area contributed by atoms with Crippen LogP contribution in [0.1, 0.15) is 11.1 Å². The third-order valence-electron chi connectivity index (χ3n) is 3.21. The second kappa shape index (κ2) is 9.57. The van der Waals surface area contributed by atoms with Crippen LogP contribution >= 0.6 is 11.8 Å². The fourth-order valence-corrected chi connectivity index (χ4v) is 2.32. The first-order valence-electron chi connectivity index (χ1n) is 7.47. The van der Waals surface area contributed by atoms with Gasteiger partial charge in [-0.05, 0) is 35.6 Å². The number of hydrogen-bond donors (Lipinski definition) is 1. The zero-order valence-electron chi connectivity index (χ0n) is 13.4. The van der Waals surface area contributed by atoms with Crippen molar-refractivity contribution < 1.29 is 14.3 Å². The molecule has 2 aromatic rings. The Morgan fingerprint density at radius 1 is 1.08 bits per heavy atom. The molecule has 0 aliphatic heterocycles. The maximum absolute atomic E-state index is 11.7. The molecule has 0 saturated carbocycles. The molecule has 24 heavy (non-hydrogen) atoms. The van der Waals surface area contributed by atoms with Crippen LogP contribution in [0.5, 0.6) is 0 Å². The average molecular weight is 341 g/mol. The summed E-state index contributed by atoms with van der Waals surface area (Å²) in [7, 11) is 0. The summed E-state index contributed by atoms with van der Waals surface area (Å²) in [6.07, 6.45) is 4.98. The first-order chi connectivity index (χ1) is 11.7. The smallest absolute Gasteiger partial charge is 0.331 e. The highest BCUT2D eigenvalue weighted by Crippen LogP contribution is 2.15. The van der Waals surface area contributed by atoms with Crippen LogP contribution in [0.3, 0.4) is 0 Å². The summed E-state index contributed by atoms with van der Waals surface area (Å²) in [6, 6.07) is 17.3. The Bertz CT molecular complexity index is 696. The van der Waals surface area contributed by atoms with Crippen molar-refractivity contribution >= 4 is 29.7 Å². The number of carbonyl (C=O) groups excluding carboxylic acids is 2. The molecule has 0 unspecified atom stereocenters. The van der Waals surface area contributed by atoms with Crippen molar-refractivity contribution in [1.29, 1.82) is 0 Å². The van der Waals surface area contributed by atoms with Crippen LogP contribution in [-0.2, 0) is 20.9 Å². The van der Waals surface area contributed by atoms with Crippen LogP contribution in [-0.4, -0.2) is 24.7 Å². The molecule has 124 valence electrons. The molecule has 0 atom stereocenters. The van der Waals surface area contributed by atoms with Crippen LogP contribution in [0.15, 0.2) is 65.6 Å². The lowest BCUT2D eigenvalue weighted by Gasteiger charge is -2.05. The highest BCUT2D eigenvalue weighted by Gasteiger charge is 2.04. The lowest BCUT2D eigenvalue weighted by molar-refractivity contribution is -0.143. The number of benzene rings is 2. The molecule has 2 aromatic carbocycles. The quantitative estimate of drug-likeness (QED) is 0.477. The highest BCUT2D eigenvalue weighted by molar-refractivity contribution is 7.98. The summed E-state index contributed by atoms with van der Waals surface area (Å²) in [4.78, 5) is 24.4. The first kappa shape index (κ1) is 17.8. The van der Waals surface area contributed by atoms with Gasteiger partial charge in [-0.2, -0.15) is 0 Å². The van der Waals surface area contributed by atoms with E-state index in [4.69, 9.17) is 4.74 Å². The van der Waals surface area contributed by atoms with Crippen LogP contribution in [0.25, 0.3) is 6.08 Å². The van der Waals surface area contributed by atoms with E-state index in [9.17, 15) is 9.59 Å². The summed E-state index contributed by atoms with van der Waals surface area (Å²) >= 11 is 1.66. The molecular weight excluding hydrogens is 322 g/mol. The largest absolute Gasteiger partial charge is 0.452 e. The van der Waals surface area contributed by atoms with Crippen molar-refractivity contribution in [2.24, 2.45) is 0 Å². The van der Waals surface area contributed by atoms with Crippen molar-refractivity contribution in [2.45, 2.75) is 11.4 Å². The second-order valence-corrected chi connectivity index (χ2v) is 5.86. The van der Waals surface area contributed by atoms with Gasteiger partial charge in [-0.25, -0.2) is 4.79 Å². The number of amides is 1. The number of nitrogens with one attached hydrogen (secondary N) is 1. The molecule has 4 nitrogen and oxygen atoms in total. The Kier molecular flexibility index (Phi) is 7.11. The van der Waals surface area contributed by atoms with E-state index in [1.807, 2.05) is 60.9 Å². The van der Waals surface area contributed by atoms with E-state index in [2.05, 4.69) is 5.32 Å². The SMILES string of the molecule is CSc1ccc(/C=C/C(=O)OCC(=O)NCc2ccccc2)cc1. The third kappa shape index (κ3) is 6.30. The lowest BCUT2D eigenvalue weighted by atomic mass is 10.2. The molecule has 1 N–H and O–H groups in total. The zero-order chi connectivity index (χ0) is 17.2. The van der Waals surface area contributed by atoms with Gasteiger partial charge in [0, 0.05) is 17.5 Å². The Hall–Kier alpha value is -2.53. The molecule has 0 fully saturated rings. The van der Waals surface area contributed by atoms with Crippen LogP contribution in [0.4, 0.5) is 0 Å². The number of thioether (sulfide) groups is 1. The molecule has 0 aliphatic rings. The van der Waals surface area contributed by atoms with Crippen molar-refractivity contribution in [3.63, 3.8) is 0 Å². The first-order valence-corrected chi connectivity index (χ1v) is 8.69. The maximum atomic E-state index is 11.7. The predicted octanol–water partition coefficient (Wildman–Crippen LogP) is 3.28. The van der Waals surface area contributed by atoms with Crippen molar-refractivity contribution in [3.05, 3.63) is 71.8 Å². The van der Waals surface area contributed by atoms with E-state index in [1.165, 1.54) is 6.08 Å². The summed E-state index contributed by atoms with van der Waals surface area (Å²) in [5.74, 6) is -0.872. The Morgan fingerprint density at radius 2 is 1.79 bits per heavy atom. The van der Waals surface area contributed by atoms with Gasteiger partial charge in [-0.3, -0.25) is 4.79 Å². The van der Waals surface area contributed by atoms with Gasteiger partial charge in [-0.15, -0.1) is 11.8 Å². The minimum absolute atomic E-state index is 0.290. The summed E-state index contributed by atoms with van der Waals surface area (Å²) in [5, 5.41) is 2.70. The van der Waals surface area contributed by atoms with Crippen molar-refractivity contribution in [3.8, 4) is 0 Å². The van der Waals surface area contributed by atoms with Gasteiger partial charge >= 0.3 is 5.97 Å². The molecule has 0 spiro atoms. The maximum Gasteiger partial charge on any atom is 0.331 e. The number of rotatable bonds is 7. The lowest BCUT2D eigenvalue weighted by Crippen LogP contribution is -2.28. The fourth-order valence-electron chi connectivity index (χ4n) is 1.91. The van der Waals surface area contributed by atoms with Gasteiger partial charge in [0.2, 0.25) is 0 Å². The third-order valence-corrected chi connectivity index (χ3v) is 3.95. The molecule has 5 heteroatoms. The number of esters is 1. The van der Waals surface area contributed by atoms with E-state index in [-0.39, 0.29) is 12.5 Å². The van der Waals surface area contributed by atoms with Crippen LogP contribution < -0.4 is 5.32 Å². The molecule has 0 radical (unpaired) electrons. The minimum Gasteiger partial charge on any atom is -0.452 e. The van der Waals surface area contributed by atoms with Gasteiger partial charge in [0.25, 0.3) is 5.91 Å². The minimum atomic E-state index is -0.543. The molecular formula is C19H19NO3S. The van der Waals surface area contributed by atoms with E-state index >= 15 is 0 Å². The molecule has 0 heterocycles. The molecule has 0 saturated heterocycles. The monoisotopic (exact) mass is 341 g/mol. The summed E-state index contributed by atoms with van der Waals surface area (Å²) in [5.41, 5.74) is 1.89. The normalized spacial score (nSPS) is 10.5. The zero-order valence-corrected chi connectivity index (χ0v) is 14.2. The fraction of sp³-hybridized carbons (Fsp3) is 0.158. The molecule has 0 aliphatic carbocycles. The Morgan fingerprint density at radius 3 is 2.46 bits per heavy atom. The Balaban J connectivity index is 1.71. The number of carbonyl (C=O) groups is 2. The van der Waals surface area contributed by atoms with Gasteiger partial charge in [0.05, 0.1) is 0 Å². The average Bonchev–Trinajstić information content (AvgIpc) is 2.64. The van der Waals surface area contributed by atoms with Gasteiger partial charge in [0.1, 0.15) is 0 Å². The standard InChI is InChI=1S/C19H19NO3S/c1-24-17-10-7-15(8-11-17)9-12-19(22)23-14-18(21)20-13-16-5-3-2-4-6-16/h2-12H,13-14H2,1H3,(H,20,21)/b12-9+. The van der Waals surface area contributed by atoms with Crippen LogP contribution in [0.2, 0.25) is 0 Å². The molecule has 0 bridgehead atoms. The number of ether oxygens (including phenoxy) is 1. The molecule has 1 amide bonds. The molecule has 2 rings (SSSR count). The Labute approximate surface area is 145 Å². The van der Waals surface area contributed by atoms with E-state index in [1.54, 1.807) is 17.8 Å². The summed E-state index contributed by atoms with van der Waals surface area (Å²) in [6.45, 7) is 0.121. The highest BCUT2D eigenvalue weighted by atomic mass is 32.2. The van der Waals surface area contributed by atoms with Crippen LogP contribution in [0, 0.1) is 0 Å². The van der Waals surface area contributed by atoms with Gasteiger partial charge < -0.3 is 10.1 Å². The van der Waals surface area contributed by atoms with E-state index in [0.717, 1.165) is 16.0 Å². The van der Waals surface area contributed by atoms with E-state index < -0.39 is 5.97 Å². The second-order valence-electron chi connectivity index (χ2n) is 4.98. The summed E-state index contributed by atoms with van der Waals surface area (Å²) < 4.78 is 4.92. The predicted molar refractivity (Wildman–Crippen MR) is 96.5 cm³/mol. The van der Waals surface area contributed by atoms with E-state index in [0.29, 0.717) is 6.54 Å². The van der Waals surface area contributed by atoms with Gasteiger partial charge in [0.15, 0.2) is 6.61 Å². The van der Waals surface area contributed by atoms with Gasteiger partial charge in [-0.1, -0.05) is 42.5 Å². The molecule has 0 aromatic heterocycles.